The average Bonchev–Trinajstić information content (AvgIpc) is 2.14. The van der Waals surface area contributed by atoms with Crippen LogP contribution in [-0.2, 0) is 4.57 Å². The van der Waals surface area contributed by atoms with Gasteiger partial charge in [0.25, 0.3) is 0 Å². The van der Waals surface area contributed by atoms with Gasteiger partial charge in [0.05, 0.1) is 17.3 Å². The van der Waals surface area contributed by atoms with Crippen LogP contribution in [0.2, 0.25) is 0 Å². The van der Waals surface area contributed by atoms with Crippen molar-refractivity contribution in [3.63, 3.8) is 0 Å². The molecule has 0 aliphatic heterocycles. The van der Waals surface area contributed by atoms with Gasteiger partial charge in [-0.25, -0.2) is 4.57 Å². The van der Waals surface area contributed by atoms with Crippen LogP contribution >= 0.6 is 7.75 Å². The fourth-order valence-corrected chi connectivity index (χ4v) is 1.08. The Morgan fingerprint density at radius 3 is 2.71 bits per heavy atom. The first-order chi connectivity index (χ1) is 6.51. The van der Waals surface area contributed by atoms with Gasteiger partial charge in [0.2, 0.25) is 0 Å². The van der Waals surface area contributed by atoms with E-state index in [9.17, 15) is 4.57 Å². The van der Waals surface area contributed by atoms with E-state index in [0.717, 1.165) is 0 Å². The van der Waals surface area contributed by atoms with E-state index in [1.165, 1.54) is 6.07 Å². The van der Waals surface area contributed by atoms with Gasteiger partial charge in [-0.05, 0) is 18.2 Å². The molecule has 0 amide bonds. The third-order valence-electron chi connectivity index (χ3n) is 1.34. The van der Waals surface area contributed by atoms with E-state index >= 15 is 0 Å². The van der Waals surface area contributed by atoms with Crippen LogP contribution in [-0.4, -0.2) is 9.79 Å². The van der Waals surface area contributed by atoms with Gasteiger partial charge in [-0.2, -0.15) is 5.26 Å². The molecule has 1 aromatic carbocycles. The van der Waals surface area contributed by atoms with Crippen molar-refractivity contribution in [3.05, 3.63) is 29.8 Å². The number of nitrogens with one attached hydrogen (secondary N) is 2. The van der Waals surface area contributed by atoms with Gasteiger partial charge in [-0.15, -0.1) is 5.20 Å². The topological polar surface area (TPSA) is 105 Å². The van der Waals surface area contributed by atoms with Crippen molar-refractivity contribution < 1.29 is 14.4 Å². The van der Waals surface area contributed by atoms with Gasteiger partial charge in [0, 0.05) is 0 Å². The van der Waals surface area contributed by atoms with E-state index in [0.29, 0.717) is 11.3 Å². The minimum absolute atomic E-state index is 0.405. The molecule has 7 heteroatoms. The summed E-state index contributed by atoms with van der Waals surface area (Å²) < 4.78 is 10.4. The van der Waals surface area contributed by atoms with Gasteiger partial charge in [0.15, 0.2) is 0 Å². The zero-order valence-electron chi connectivity index (χ0n) is 7.01. The summed E-state index contributed by atoms with van der Waals surface area (Å²) in [4.78, 5) is 17.0. The summed E-state index contributed by atoms with van der Waals surface area (Å²) in [6.07, 6.45) is 0. The highest BCUT2D eigenvalue weighted by molar-refractivity contribution is 7.49. The summed E-state index contributed by atoms with van der Waals surface area (Å²) in [7, 11) is -4.30. The van der Waals surface area contributed by atoms with Crippen molar-refractivity contribution in [1.82, 2.24) is 5.20 Å². The molecule has 0 spiro atoms. The largest absolute Gasteiger partial charge is 0.417 e. The van der Waals surface area contributed by atoms with Crippen molar-refractivity contribution in [2.75, 3.05) is 5.43 Å². The Hall–Kier alpha value is -1.38. The molecule has 0 radical (unpaired) electrons. The zero-order chi connectivity index (χ0) is 10.6. The van der Waals surface area contributed by atoms with Crippen molar-refractivity contribution >= 4 is 13.4 Å². The summed E-state index contributed by atoms with van der Waals surface area (Å²) >= 11 is 0. The first-order valence-electron chi connectivity index (χ1n) is 3.60. The van der Waals surface area contributed by atoms with Crippen LogP contribution in [0, 0.1) is 11.3 Å². The van der Waals surface area contributed by atoms with E-state index in [1.54, 1.807) is 23.4 Å². The van der Waals surface area contributed by atoms with E-state index in [1.807, 2.05) is 6.07 Å². The van der Waals surface area contributed by atoms with Crippen LogP contribution in [0.25, 0.3) is 0 Å². The van der Waals surface area contributed by atoms with E-state index in [2.05, 4.69) is 5.43 Å². The molecule has 6 nitrogen and oxygen atoms in total. The smallest absolute Gasteiger partial charge is 0.312 e. The maximum Gasteiger partial charge on any atom is 0.417 e. The molecule has 4 N–H and O–H groups in total. The lowest BCUT2D eigenvalue weighted by molar-refractivity contribution is 0.362. The maximum atomic E-state index is 10.4. The van der Waals surface area contributed by atoms with Crippen LogP contribution in [0.3, 0.4) is 0 Å². The Balaban J connectivity index is 2.69. The molecule has 0 aliphatic rings. The Morgan fingerprint density at radius 1 is 1.43 bits per heavy atom. The molecular formula is C7H8N3O3P. The van der Waals surface area contributed by atoms with Crippen LogP contribution in [0.5, 0.6) is 0 Å². The maximum absolute atomic E-state index is 10.4. The normalized spacial score (nSPS) is 10.6. The summed E-state index contributed by atoms with van der Waals surface area (Å²) in [6, 6.07) is 8.12. The molecule has 0 saturated carbocycles. The van der Waals surface area contributed by atoms with Crippen molar-refractivity contribution in [2.24, 2.45) is 0 Å². The lowest BCUT2D eigenvalue weighted by Gasteiger charge is -2.08. The number of benzene rings is 1. The highest BCUT2D eigenvalue weighted by atomic mass is 31.2. The minimum atomic E-state index is -4.30. The third kappa shape index (κ3) is 3.56. The number of nitrogens with zero attached hydrogens (tertiary/aromatic N) is 1. The number of hydrogen-bond donors (Lipinski definition) is 4. The summed E-state index contributed by atoms with van der Waals surface area (Å²) in [5.74, 6) is 0. The Labute approximate surface area is 80.4 Å². The number of anilines is 1. The first kappa shape index (κ1) is 10.7. The van der Waals surface area contributed by atoms with Crippen LogP contribution in [0.1, 0.15) is 5.56 Å². The SMILES string of the molecule is N#Cc1cccc(NNP(=O)(O)O)c1. The molecule has 0 unspecified atom stereocenters. The Kier molecular flexibility index (Phi) is 3.23. The standard InChI is InChI=1S/C7H8N3O3P/c8-5-6-2-1-3-7(4-6)9-10-14(11,12)13/h1-4,9H,(H3,10,11,12,13). The first-order valence-corrected chi connectivity index (χ1v) is 5.21. The molecule has 0 fully saturated rings. The second kappa shape index (κ2) is 4.22. The highest BCUT2D eigenvalue weighted by Gasteiger charge is 2.10. The van der Waals surface area contributed by atoms with Crippen molar-refractivity contribution in [1.29, 1.82) is 5.26 Å². The molecule has 0 atom stereocenters. The fraction of sp³-hybridized carbons (Fsp3) is 0. The molecule has 1 aromatic rings. The molecule has 0 aromatic heterocycles. The number of rotatable bonds is 3. The molecule has 1 rings (SSSR count). The molecule has 0 bridgehead atoms. The van der Waals surface area contributed by atoms with Gasteiger partial charge >= 0.3 is 7.75 Å². The Bertz CT molecular complexity index is 409. The molecular weight excluding hydrogens is 205 g/mol. The third-order valence-corrected chi connectivity index (χ3v) is 1.74. The molecule has 0 aliphatic carbocycles. The van der Waals surface area contributed by atoms with E-state index in [4.69, 9.17) is 15.0 Å². The quantitative estimate of drug-likeness (QED) is 0.432. The number of nitriles is 1. The van der Waals surface area contributed by atoms with E-state index < -0.39 is 7.75 Å². The monoisotopic (exact) mass is 213 g/mol. The summed E-state index contributed by atoms with van der Waals surface area (Å²) in [5, 5.41) is 10.3. The second-order valence-corrected chi connectivity index (χ2v) is 3.79. The Morgan fingerprint density at radius 2 is 2.14 bits per heavy atom. The predicted octanol–water partition coefficient (Wildman–Crippen LogP) is 0.567. The average molecular weight is 213 g/mol. The van der Waals surface area contributed by atoms with E-state index in [-0.39, 0.29) is 0 Å². The zero-order valence-corrected chi connectivity index (χ0v) is 7.90. The predicted molar refractivity (Wildman–Crippen MR) is 50.0 cm³/mol. The van der Waals surface area contributed by atoms with Crippen LogP contribution < -0.4 is 10.6 Å². The lowest BCUT2D eigenvalue weighted by Crippen LogP contribution is -2.17. The highest BCUT2D eigenvalue weighted by Crippen LogP contribution is 2.27. The fourth-order valence-electron chi connectivity index (χ4n) is 0.804. The lowest BCUT2D eigenvalue weighted by atomic mass is 10.2. The minimum Gasteiger partial charge on any atom is -0.312 e. The molecule has 74 valence electrons. The van der Waals surface area contributed by atoms with Crippen LogP contribution in [0.4, 0.5) is 5.69 Å². The summed E-state index contributed by atoms with van der Waals surface area (Å²) in [5.41, 5.74) is 3.11. The van der Waals surface area contributed by atoms with Gasteiger partial charge < -0.3 is 15.2 Å². The second-order valence-electron chi connectivity index (χ2n) is 2.47. The van der Waals surface area contributed by atoms with Gasteiger partial charge in [-0.1, -0.05) is 6.07 Å². The summed E-state index contributed by atoms with van der Waals surface area (Å²) in [6.45, 7) is 0. The molecule has 14 heavy (non-hydrogen) atoms. The van der Waals surface area contributed by atoms with Gasteiger partial charge in [0.1, 0.15) is 0 Å². The van der Waals surface area contributed by atoms with Gasteiger partial charge in [-0.3, -0.25) is 0 Å². The van der Waals surface area contributed by atoms with Crippen molar-refractivity contribution in [2.45, 2.75) is 0 Å². The molecule has 0 saturated heterocycles. The van der Waals surface area contributed by atoms with Crippen molar-refractivity contribution in [3.8, 4) is 6.07 Å². The van der Waals surface area contributed by atoms with Crippen LogP contribution in [0.15, 0.2) is 24.3 Å². The number of hydrazine groups is 1. The molecule has 0 heterocycles. The number of hydrogen-bond acceptors (Lipinski definition) is 3.